The molecule has 174 valence electrons. The van der Waals surface area contributed by atoms with Crippen LogP contribution in [-0.4, -0.2) is 26.5 Å². The zero-order chi connectivity index (χ0) is 24.6. The molecule has 1 atom stereocenters. The van der Waals surface area contributed by atoms with Crippen LogP contribution in [-0.2, 0) is 4.79 Å². The summed E-state index contributed by atoms with van der Waals surface area (Å²) in [4.78, 5) is 28.2. The van der Waals surface area contributed by atoms with E-state index in [1.54, 1.807) is 34.9 Å². The summed E-state index contributed by atoms with van der Waals surface area (Å²) in [5.74, 6) is -9.63. The van der Waals surface area contributed by atoms with Crippen LogP contribution in [0.25, 0.3) is 11.0 Å². The second-order valence-electron chi connectivity index (χ2n) is 7.28. The Morgan fingerprint density at radius 3 is 2.26 bits per heavy atom. The molecule has 0 radical (unpaired) electrons. The number of hydrogen-bond acceptors (Lipinski definition) is 3. The Bertz CT molecular complexity index is 1400. The lowest BCUT2D eigenvalue weighted by Gasteiger charge is -2.18. The summed E-state index contributed by atoms with van der Waals surface area (Å²) >= 11 is 2.40. The zero-order valence-electron chi connectivity index (χ0n) is 17.0. The Balaban J connectivity index is 1.74. The number of imidazole rings is 1. The molecule has 4 aromatic rings. The predicted octanol–water partition coefficient (Wildman–Crippen LogP) is 5.67. The molecular formula is C23H14BrF4N3O3. The third-order valence-corrected chi connectivity index (χ3v) is 5.85. The fourth-order valence-corrected chi connectivity index (χ4v) is 3.92. The molecule has 0 bridgehead atoms. The summed E-state index contributed by atoms with van der Waals surface area (Å²) in [5, 5.41) is 11.6. The minimum Gasteiger partial charge on any atom is -0.481 e. The van der Waals surface area contributed by atoms with Gasteiger partial charge in [-0.05, 0) is 39.7 Å². The van der Waals surface area contributed by atoms with Gasteiger partial charge in [0.25, 0.3) is 5.91 Å². The Labute approximate surface area is 198 Å². The number of carbonyl (C=O) groups is 2. The van der Waals surface area contributed by atoms with Gasteiger partial charge < -0.3 is 15.0 Å². The van der Waals surface area contributed by atoms with E-state index in [9.17, 15) is 32.3 Å². The van der Waals surface area contributed by atoms with E-state index in [0.29, 0.717) is 16.6 Å². The van der Waals surface area contributed by atoms with Crippen molar-refractivity contribution < 1.29 is 32.3 Å². The third-order valence-electron chi connectivity index (χ3n) is 5.16. The van der Waals surface area contributed by atoms with Crippen LogP contribution in [0.4, 0.5) is 23.2 Å². The summed E-state index contributed by atoms with van der Waals surface area (Å²) in [7, 11) is 0. The number of nitrogens with zero attached hydrogens (tertiary/aromatic N) is 2. The summed E-state index contributed by atoms with van der Waals surface area (Å²) in [6, 6.07) is 12.5. The summed E-state index contributed by atoms with van der Waals surface area (Å²) in [6.07, 6.45) is 1.18. The molecule has 0 saturated carbocycles. The number of fused-ring (bicyclic) bond motifs is 1. The van der Waals surface area contributed by atoms with Gasteiger partial charge in [-0.2, -0.15) is 0 Å². The predicted molar refractivity (Wildman–Crippen MR) is 118 cm³/mol. The minimum absolute atomic E-state index is 0.0453. The van der Waals surface area contributed by atoms with Gasteiger partial charge in [0.05, 0.1) is 34.3 Å². The largest absolute Gasteiger partial charge is 0.481 e. The van der Waals surface area contributed by atoms with Gasteiger partial charge in [0.2, 0.25) is 0 Å². The minimum atomic E-state index is -1.85. The van der Waals surface area contributed by atoms with Crippen LogP contribution < -0.4 is 5.32 Å². The highest BCUT2D eigenvalue weighted by Crippen LogP contribution is 2.30. The highest BCUT2D eigenvalue weighted by molar-refractivity contribution is 9.10. The summed E-state index contributed by atoms with van der Waals surface area (Å²) in [5.41, 5.74) is 0.205. The number of carbonyl (C=O) groups excluding carboxylic acids is 1. The van der Waals surface area contributed by atoms with Crippen molar-refractivity contribution in [3.05, 3.63) is 93.7 Å². The Morgan fingerprint density at radius 1 is 1.00 bits per heavy atom. The molecule has 0 fully saturated rings. The monoisotopic (exact) mass is 535 g/mol. The first kappa shape index (κ1) is 23.4. The standard InChI is InChI=1S/C23H14BrF4N3O3/c24-18-21(27)19(25)17(20(26)22(18)28)23(34)30-12-6-7-13-15(8-12)31(10-29-13)14(9-16(32)33)11-4-2-1-3-5-11/h1-8,10,14H,9H2,(H,30,34)(H,32,33). The van der Waals surface area contributed by atoms with Crippen molar-refractivity contribution in [3.8, 4) is 0 Å². The molecule has 0 aliphatic heterocycles. The van der Waals surface area contributed by atoms with E-state index in [1.165, 1.54) is 24.5 Å². The van der Waals surface area contributed by atoms with E-state index in [2.05, 4.69) is 26.2 Å². The van der Waals surface area contributed by atoms with Crippen LogP contribution in [0.15, 0.2) is 59.3 Å². The number of amides is 1. The zero-order valence-corrected chi connectivity index (χ0v) is 18.6. The maximum Gasteiger partial charge on any atom is 0.305 e. The van der Waals surface area contributed by atoms with Gasteiger partial charge in [-0.1, -0.05) is 30.3 Å². The molecule has 1 amide bonds. The second-order valence-corrected chi connectivity index (χ2v) is 8.07. The molecule has 6 nitrogen and oxygen atoms in total. The molecule has 34 heavy (non-hydrogen) atoms. The first-order valence-electron chi connectivity index (χ1n) is 9.75. The van der Waals surface area contributed by atoms with Crippen molar-refractivity contribution in [1.82, 2.24) is 9.55 Å². The number of nitrogens with one attached hydrogen (secondary N) is 1. The number of benzene rings is 3. The number of halogens is 5. The van der Waals surface area contributed by atoms with Crippen LogP contribution >= 0.6 is 15.9 Å². The van der Waals surface area contributed by atoms with Crippen LogP contribution in [0.3, 0.4) is 0 Å². The lowest BCUT2D eigenvalue weighted by molar-refractivity contribution is -0.137. The van der Waals surface area contributed by atoms with E-state index < -0.39 is 51.2 Å². The number of aliphatic carboxylic acids is 1. The Morgan fingerprint density at radius 2 is 1.65 bits per heavy atom. The molecule has 11 heteroatoms. The van der Waals surface area contributed by atoms with Gasteiger partial charge in [0.15, 0.2) is 23.3 Å². The highest BCUT2D eigenvalue weighted by Gasteiger charge is 2.28. The molecule has 4 rings (SSSR count). The van der Waals surface area contributed by atoms with Crippen molar-refractivity contribution in [1.29, 1.82) is 0 Å². The van der Waals surface area contributed by atoms with Crippen LogP contribution in [0.5, 0.6) is 0 Å². The lowest BCUT2D eigenvalue weighted by atomic mass is 10.0. The molecule has 0 spiro atoms. The molecule has 1 heterocycles. The third kappa shape index (κ3) is 4.26. The topological polar surface area (TPSA) is 84.2 Å². The maximum atomic E-state index is 14.2. The van der Waals surface area contributed by atoms with E-state index >= 15 is 0 Å². The lowest BCUT2D eigenvalue weighted by Crippen LogP contribution is -2.18. The van der Waals surface area contributed by atoms with Crippen molar-refractivity contribution in [2.45, 2.75) is 12.5 Å². The quantitative estimate of drug-likeness (QED) is 0.189. The van der Waals surface area contributed by atoms with Crippen molar-refractivity contribution in [2.24, 2.45) is 0 Å². The highest BCUT2D eigenvalue weighted by atomic mass is 79.9. The normalized spacial score (nSPS) is 12.0. The molecule has 0 aliphatic rings. The summed E-state index contributed by atoms with van der Waals surface area (Å²) < 4.78 is 56.6. The van der Waals surface area contributed by atoms with Gasteiger partial charge in [-0.25, -0.2) is 22.5 Å². The fraction of sp³-hybridized carbons (Fsp3) is 0.0870. The van der Waals surface area contributed by atoms with Crippen LogP contribution in [0.2, 0.25) is 0 Å². The molecule has 0 aliphatic carbocycles. The first-order chi connectivity index (χ1) is 16.2. The van der Waals surface area contributed by atoms with Crippen molar-refractivity contribution in [3.63, 3.8) is 0 Å². The SMILES string of the molecule is O=C(O)CC(c1ccccc1)n1cnc2ccc(NC(=O)c3c(F)c(F)c(Br)c(F)c3F)cc21. The molecule has 1 unspecified atom stereocenters. The van der Waals surface area contributed by atoms with Crippen LogP contribution in [0, 0.1) is 23.3 Å². The fourth-order valence-electron chi connectivity index (χ4n) is 3.57. The van der Waals surface area contributed by atoms with E-state index in [-0.39, 0.29) is 12.1 Å². The number of carboxylic acids is 1. The van der Waals surface area contributed by atoms with Gasteiger partial charge in [-0.15, -0.1) is 0 Å². The smallest absolute Gasteiger partial charge is 0.305 e. The first-order valence-corrected chi connectivity index (χ1v) is 10.5. The van der Waals surface area contributed by atoms with E-state index in [1.807, 2.05) is 0 Å². The maximum absolute atomic E-state index is 14.2. The summed E-state index contributed by atoms with van der Waals surface area (Å²) in [6.45, 7) is 0. The Hall–Kier alpha value is -3.73. The molecular weight excluding hydrogens is 522 g/mol. The average Bonchev–Trinajstić information content (AvgIpc) is 3.23. The second kappa shape index (κ2) is 9.26. The molecule has 3 aromatic carbocycles. The van der Waals surface area contributed by atoms with Gasteiger partial charge in [0.1, 0.15) is 5.56 Å². The molecule has 1 aromatic heterocycles. The van der Waals surface area contributed by atoms with Gasteiger partial charge in [0, 0.05) is 5.69 Å². The number of aromatic nitrogens is 2. The van der Waals surface area contributed by atoms with Gasteiger partial charge >= 0.3 is 5.97 Å². The Kier molecular flexibility index (Phi) is 6.38. The van der Waals surface area contributed by atoms with E-state index in [0.717, 1.165) is 0 Å². The molecule has 2 N–H and O–H groups in total. The number of hydrogen-bond donors (Lipinski definition) is 2. The number of anilines is 1. The van der Waals surface area contributed by atoms with Crippen molar-refractivity contribution in [2.75, 3.05) is 5.32 Å². The molecule has 0 saturated heterocycles. The average molecular weight is 536 g/mol. The van der Waals surface area contributed by atoms with Crippen LogP contribution in [0.1, 0.15) is 28.4 Å². The van der Waals surface area contributed by atoms with E-state index in [4.69, 9.17) is 0 Å². The van der Waals surface area contributed by atoms with Gasteiger partial charge in [-0.3, -0.25) is 9.59 Å². The number of rotatable bonds is 6. The van der Waals surface area contributed by atoms with Crippen molar-refractivity contribution >= 4 is 44.5 Å². The number of carboxylic acid groups (broad SMARTS) is 1.